The van der Waals surface area contributed by atoms with Crippen molar-refractivity contribution in [2.45, 2.75) is 16.2 Å². The third-order valence-electron chi connectivity index (χ3n) is 6.65. The fraction of sp³-hybridized carbons (Fsp3) is 0.143. The molecule has 0 spiro atoms. The van der Waals surface area contributed by atoms with E-state index in [0.717, 1.165) is 11.3 Å². The first-order valence-electron chi connectivity index (χ1n) is 12.1. The van der Waals surface area contributed by atoms with E-state index >= 15 is 0 Å². The Morgan fingerprint density at radius 1 is 1.00 bits per heavy atom. The highest BCUT2D eigenvalue weighted by Crippen LogP contribution is 2.54. The average molecular weight is 596 g/mol. The summed E-state index contributed by atoms with van der Waals surface area (Å²) in [7, 11) is 0. The number of fused-ring (bicyclic) bond motifs is 2. The van der Waals surface area contributed by atoms with Gasteiger partial charge in [0.2, 0.25) is 11.8 Å². The van der Waals surface area contributed by atoms with Crippen molar-refractivity contribution in [1.82, 2.24) is 4.98 Å². The molecular formula is C28H19ClFN3O5S2. The number of imide groups is 1. The summed E-state index contributed by atoms with van der Waals surface area (Å²) in [6, 6.07) is 18.7. The molecule has 3 amide bonds. The number of halogens is 2. The maximum Gasteiger partial charge on any atom is 0.305 e. The Bertz CT molecular complexity index is 1690. The number of thiazole rings is 1. The number of hydrogen-bond donors (Lipinski definition) is 2. The monoisotopic (exact) mass is 595 g/mol. The summed E-state index contributed by atoms with van der Waals surface area (Å²) < 4.78 is 19.1. The van der Waals surface area contributed by atoms with Crippen LogP contribution in [0, 0.1) is 11.7 Å². The van der Waals surface area contributed by atoms with Gasteiger partial charge in [0.15, 0.2) is 6.61 Å². The number of benzene rings is 3. The second-order valence-corrected chi connectivity index (χ2v) is 11.7. The van der Waals surface area contributed by atoms with Crippen LogP contribution in [0.15, 0.2) is 82.6 Å². The molecule has 0 bridgehead atoms. The number of aromatic nitrogens is 1. The van der Waals surface area contributed by atoms with Gasteiger partial charge in [-0.3, -0.25) is 19.2 Å². The van der Waals surface area contributed by atoms with Crippen LogP contribution < -0.4 is 19.8 Å². The van der Waals surface area contributed by atoms with E-state index in [1.165, 1.54) is 40.9 Å². The second kappa shape index (κ2) is 10.6. The van der Waals surface area contributed by atoms with E-state index in [0.29, 0.717) is 37.6 Å². The SMILES string of the molecule is O=C(COc1ccccc1[C@H]1c2sc(=O)[nH]c2SC2C(=O)N(c3ccc(Cl)cc3)C(=O)C21)Nc1ccc(F)cc1. The molecule has 2 aliphatic heterocycles. The lowest BCUT2D eigenvalue weighted by molar-refractivity contribution is -0.122. The van der Waals surface area contributed by atoms with Crippen LogP contribution in [-0.4, -0.2) is 34.6 Å². The molecule has 2 N–H and O–H groups in total. The van der Waals surface area contributed by atoms with Crippen molar-refractivity contribution in [3.05, 3.63) is 104 Å². The van der Waals surface area contributed by atoms with Gasteiger partial charge in [0, 0.05) is 27.1 Å². The van der Waals surface area contributed by atoms with Crippen molar-refractivity contribution >= 4 is 63.8 Å². The van der Waals surface area contributed by atoms with Crippen molar-refractivity contribution in [3.8, 4) is 5.75 Å². The number of anilines is 2. The van der Waals surface area contributed by atoms with Crippen molar-refractivity contribution in [1.29, 1.82) is 0 Å². The van der Waals surface area contributed by atoms with Crippen molar-refractivity contribution in [2.75, 3.05) is 16.8 Å². The van der Waals surface area contributed by atoms with E-state index < -0.39 is 34.7 Å². The topological polar surface area (TPSA) is 109 Å². The lowest BCUT2D eigenvalue weighted by Crippen LogP contribution is -2.32. The summed E-state index contributed by atoms with van der Waals surface area (Å²) in [4.78, 5) is 56.7. The first-order valence-corrected chi connectivity index (χ1v) is 14.2. The summed E-state index contributed by atoms with van der Waals surface area (Å²) in [5, 5.41) is 2.87. The molecule has 3 heterocycles. The van der Waals surface area contributed by atoms with Crippen LogP contribution in [0.4, 0.5) is 15.8 Å². The number of ether oxygens (including phenoxy) is 1. The lowest BCUT2D eigenvalue weighted by atomic mass is 9.82. The van der Waals surface area contributed by atoms with Gasteiger partial charge in [0.05, 0.1) is 16.6 Å². The fourth-order valence-corrected chi connectivity index (χ4v) is 7.57. The van der Waals surface area contributed by atoms with Crippen LogP contribution >= 0.6 is 34.7 Å². The molecule has 0 radical (unpaired) electrons. The highest BCUT2D eigenvalue weighted by atomic mass is 35.5. The van der Waals surface area contributed by atoms with Crippen molar-refractivity contribution in [2.24, 2.45) is 5.92 Å². The third-order valence-corrected chi connectivity index (χ3v) is 9.30. The van der Waals surface area contributed by atoms with Gasteiger partial charge in [0.25, 0.3) is 5.91 Å². The van der Waals surface area contributed by atoms with Gasteiger partial charge in [-0.15, -0.1) is 0 Å². The first kappa shape index (κ1) is 26.3. The predicted octanol–water partition coefficient (Wildman–Crippen LogP) is 5.04. The van der Waals surface area contributed by atoms with Crippen LogP contribution in [-0.2, 0) is 14.4 Å². The van der Waals surface area contributed by atoms with Gasteiger partial charge in [-0.25, -0.2) is 9.29 Å². The molecule has 12 heteroatoms. The molecule has 202 valence electrons. The molecular weight excluding hydrogens is 577 g/mol. The summed E-state index contributed by atoms with van der Waals surface area (Å²) in [5.41, 5.74) is 1.39. The Morgan fingerprint density at radius 2 is 1.73 bits per heavy atom. The molecule has 0 aliphatic carbocycles. The smallest absolute Gasteiger partial charge is 0.305 e. The number of aromatic amines is 1. The van der Waals surface area contributed by atoms with Crippen LogP contribution in [0.2, 0.25) is 5.02 Å². The highest BCUT2D eigenvalue weighted by Gasteiger charge is 2.56. The zero-order valence-electron chi connectivity index (χ0n) is 20.4. The number of H-pyrrole nitrogens is 1. The summed E-state index contributed by atoms with van der Waals surface area (Å²) in [6.45, 7) is -0.357. The maximum atomic E-state index is 13.9. The van der Waals surface area contributed by atoms with E-state index in [2.05, 4.69) is 10.3 Å². The van der Waals surface area contributed by atoms with Crippen LogP contribution in [0.25, 0.3) is 0 Å². The minimum absolute atomic E-state index is 0.297. The summed E-state index contributed by atoms with van der Waals surface area (Å²) in [5.74, 6) is -2.82. The minimum atomic E-state index is -0.815. The second-order valence-electron chi connectivity index (χ2n) is 9.12. The average Bonchev–Trinajstić information content (AvgIpc) is 3.44. The summed E-state index contributed by atoms with van der Waals surface area (Å²) >= 11 is 8.17. The van der Waals surface area contributed by atoms with Crippen LogP contribution in [0.1, 0.15) is 16.4 Å². The van der Waals surface area contributed by atoms with Gasteiger partial charge in [0.1, 0.15) is 16.8 Å². The number of para-hydroxylation sites is 1. The molecule has 6 rings (SSSR count). The normalized spacial score (nSPS) is 19.8. The van der Waals surface area contributed by atoms with Crippen LogP contribution in [0.3, 0.4) is 0 Å². The number of nitrogens with one attached hydrogen (secondary N) is 2. The quantitative estimate of drug-likeness (QED) is 0.302. The first-order chi connectivity index (χ1) is 19.3. The number of thioether (sulfide) groups is 1. The van der Waals surface area contributed by atoms with E-state index in [9.17, 15) is 23.6 Å². The molecule has 1 aromatic heterocycles. The molecule has 1 fully saturated rings. The molecule has 1 saturated heterocycles. The summed E-state index contributed by atoms with van der Waals surface area (Å²) in [6.07, 6.45) is 0. The predicted molar refractivity (Wildman–Crippen MR) is 151 cm³/mol. The molecule has 2 unspecified atom stereocenters. The number of carbonyl (C=O) groups excluding carboxylic acids is 3. The van der Waals surface area contributed by atoms with Gasteiger partial charge in [-0.05, 0) is 54.6 Å². The Morgan fingerprint density at radius 3 is 2.48 bits per heavy atom. The molecule has 40 heavy (non-hydrogen) atoms. The fourth-order valence-electron chi connectivity index (χ4n) is 4.94. The Kier molecular flexibility index (Phi) is 6.95. The molecule has 2 aliphatic rings. The van der Waals surface area contributed by atoms with Crippen molar-refractivity contribution < 1.29 is 23.5 Å². The number of nitrogens with zero attached hydrogens (tertiary/aromatic N) is 1. The van der Waals surface area contributed by atoms with E-state index in [-0.39, 0.29) is 17.4 Å². The number of amides is 3. The number of rotatable bonds is 6. The zero-order valence-corrected chi connectivity index (χ0v) is 22.8. The minimum Gasteiger partial charge on any atom is -0.483 e. The Balaban J connectivity index is 1.33. The Labute approximate surface area is 240 Å². The van der Waals surface area contributed by atoms with Crippen molar-refractivity contribution in [3.63, 3.8) is 0 Å². The standard InChI is InChI=1S/C28H19ClFN3O5S2/c29-14-5-11-17(12-6-14)33-26(35)22-21(23-25(32-28(37)40-23)39-24(22)27(33)36)18-3-1-2-4-19(18)38-13-20(34)31-16-9-7-15(30)8-10-16/h1-12,21-22,24H,13H2,(H,31,34)(H,32,37)/t21-,22?,24?/m1/s1. The molecule has 4 aromatic rings. The Hall–Kier alpha value is -3.93. The van der Waals surface area contributed by atoms with Crippen LogP contribution in [0.5, 0.6) is 5.75 Å². The number of hydrogen-bond acceptors (Lipinski definition) is 7. The van der Waals surface area contributed by atoms with E-state index in [4.69, 9.17) is 16.3 Å². The highest BCUT2D eigenvalue weighted by molar-refractivity contribution is 8.00. The molecule has 3 atom stereocenters. The largest absolute Gasteiger partial charge is 0.483 e. The van der Waals surface area contributed by atoms with Gasteiger partial charge >= 0.3 is 4.87 Å². The lowest BCUT2D eigenvalue weighted by Gasteiger charge is -2.30. The maximum absolute atomic E-state index is 13.9. The third kappa shape index (κ3) is 4.80. The zero-order chi connectivity index (χ0) is 28.0. The van der Waals surface area contributed by atoms with Gasteiger partial charge < -0.3 is 15.0 Å². The van der Waals surface area contributed by atoms with E-state index in [1.807, 2.05) is 0 Å². The van der Waals surface area contributed by atoms with Gasteiger partial charge in [-0.1, -0.05) is 52.9 Å². The molecule has 8 nitrogen and oxygen atoms in total. The molecule has 3 aromatic carbocycles. The molecule has 0 saturated carbocycles. The van der Waals surface area contributed by atoms with E-state index in [1.54, 1.807) is 48.5 Å². The number of carbonyl (C=O) groups is 3. The van der Waals surface area contributed by atoms with Gasteiger partial charge in [-0.2, -0.15) is 0 Å².